The molecule has 2 rings (SSSR count). The highest BCUT2D eigenvalue weighted by molar-refractivity contribution is 7.11. The molecule has 0 bridgehead atoms. The van der Waals surface area contributed by atoms with E-state index in [9.17, 15) is 4.79 Å². The molecule has 0 aromatic carbocycles. The first-order valence-corrected chi connectivity index (χ1v) is 7.24. The Hall–Kier alpha value is -0.940. The summed E-state index contributed by atoms with van der Waals surface area (Å²) in [4.78, 5) is 17.2. The fraction of sp³-hybridized carbons (Fsp3) is 0.692. The number of hydrogen-bond acceptors (Lipinski definition) is 4. The third-order valence-electron chi connectivity index (χ3n) is 3.22. The molecule has 1 fully saturated rings. The highest BCUT2D eigenvalue weighted by atomic mass is 32.1. The molecule has 0 radical (unpaired) electrons. The van der Waals surface area contributed by atoms with Gasteiger partial charge in [-0.2, -0.15) is 0 Å². The van der Waals surface area contributed by atoms with Crippen molar-refractivity contribution in [2.75, 3.05) is 19.8 Å². The Morgan fingerprint density at radius 2 is 2.39 bits per heavy atom. The van der Waals surface area contributed by atoms with Crippen molar-refractivity contribution in [2.45, 2.75) is 33.1 Å². The molecule has 1 saturated heterocycles. The number of rotatable bonds is 5. The molecular weight excluding hydrogens is 248 g/mol. The average molecular weight is 268 g/mol. The maximum absolute atomic E-state index is 11.8. The maximum atomic E-state index is 11.8. The van der Waals surface area contributed by atoms with Crippen LogP contribution in [0.5, 0.6) is 0 Å². The largest absolute Gasteiger partial charge is 0.381 e. The summed E-state index contributed by atoms with van der Waals surface area (Å²) in [6, 6.07) is 0. The summed E-state index contributed by atoms with van der Waals surface area (Å²) >= 11 is 1.61. The quantitative estimate of drug-likeness (QED) is 0.886. The van der Waals surface area contributed by atoms with Gasteiger partial charge >= 0.3 is 0 Å². The normalized spacial score (nSPS) is 19.1. The van der Waals surface area contributed by atoms with Crippen molar-refractivity contribution < 1.29 is 9.53 Å². The molecule has 18 heavy (non-hydrogen) atoms. The summed E-state index contributed by atoms with van der Waals surface area (Å²) in [5, 5.41) is 4.01. The topological polar surface area (TPSA) is 51.2 Å². The zero-order valence-electron chi connectivity index (χ0n) is 11.0. The second-order valence-corrected chi connectivity index (χ2v) is 6.07. The van der Waals surface area contributed by atoms with Gasteiger partial charge in [-0.25, -0.2) is 4.98 Å². The van der Waals surface area contributed by atoms with Gasteiger partial charge in [-0.1, -0.05) is 0 Å². The second-order valence-electron chi connectivity index (χ2n) is 4.79. The first-order chi connectivity index (χ1) is 8.65. The van der Waals surface area contributed by atoms with E-state index in [0.717, 1.165) is 48.2 Å². The predicted molar refractivity (Wildman–Crippen MR) is 71.8 cm³/mol. The van der Waals surface area contributed by atoms with Crippen molar-refractivity contribution in [3.05, 3.63) is 15.6 Å². The number of amides is 1. The molecule has 0 spiro atoms. The number of nitrogens with zero attached hydrogens (tertiary/aromatic N) is 1. The summed E-state index contributed by atoms with van der Waals surface area (Å²) in [5.41, 5.74) is 0.983. The molecule has 0 saturated carbocycles. The number of hydrogen-bond donors (Lipinski definition) is 1. The highest BCUT2D eigenvalue weighted by Gasteiger charge is 2.15. The van der Waals surface area contributed by atoms with Crippen molar-refractivity contribution >= 4 is 17.2 Å². The Morgan fingerprint density at radius 3 is 3.00 bits per heavy atom. The predicted octanol–water partition coefficient (Wildman–Crippen LogP) is 1.85. The van der Waals surface area contributed by atoms with Crippen LogP contribution in [0.2, 0.25) is 0 Å². The molecule has 1 aromatic heterocycles. The monoisotopic (exact) mass is 268 g/mol. The van der Waals surface area contributed by atoms with Crippen molar-refractivity contribution in [3.63, 3.8) is 0 Å². The number of aromatic nitrogens is 1. The Kier molecular flexibility index (Phi) is 4.72. The fourth-order valence-electron chi connectivity index (χ4n) is 2.17. The number of ether oxygens (including phenoxy) is 1. The van der Waals surface area contributed by atoms with Crippen molar-refractivity contribution in [3.8, 4) is 0 Å². The van der Waals surface area contributed by atoms with E-state index >= 15 is 0 Å². The molecule has 5 heteroatoms. The maximum Gasteiger partial charge on any atom is 0.225 e. The van der Waals surface area contributed by atoms with Crippen LogP contribution in [-0.2, 0) is 16.0 Å². The minimum absolute atomic E-state index is 0.0978. The summed E-state index contributed by atoms with van der Waals surface area (Å²) in [6.45, 7) is 6.41. The van der Waals surface area contributed by atoms with Gasteiger partial charge in [0, 0.05) is 24.6 Å². The van der Waals surface area contributed by atoms with Gasteiger partial charge < -0.3 is 10.1 Å². The Balaban J connectivity index is 1.70. The van der Waals surface area contributed by atoms with Crippen molar-refractivity contribution in [1.29, 1.82) is 0 Å². The van der Waals surface area contributed by atoms with Crippen LogP contribution in [-0.4, -0.2) is 30.6 Å². The molecule has 0 unspecified atom stereocenters. The third kappa shape index (κ3) is 3.78. The number of carbonyl (C=O) groups is 1. The van der Waals surface area contributed by atoms with Crippen LogP contribution in [0.25, 0.3) is 0 Å². The molecule has 1 amide bonds. The summed E-state index contributed by atoms with van der Waals surface area (Å²) in [6.07, 6.45) is 2.61. The van der Waals surface area contributed by atoms with Crippen LogP contribution in [0, 0.1) is 19.8 Å². The molecule has 1 aromatic rings. The number of carbonyl (C=O) groups excluding carboxylic acids is 1. The molecule has 0 aliphatic carbocycles. The molecule has 4 nitrogen and oxygen atoms in total. The van der Waals surface area contributed by atoms with Gasteiger partial charge in [-0.05, 0) is 32.6 Å². The lowest BCUT2D eigenvalue weighted by molar-refractivity contribution is -0.120. The lowest BCUT2D eigenvalue weighted by Gasteiger charge is -2.08. The van der Waals surface area contributed by atoms with Crippen LogP contribution >= 0.6 is 11.3 Å². The molecule has 1 aliphatic rings. The molecular formula is C13H20N2O2S. The van der Waals surface area contributed by atoms with Crippen LogP contribution in [0.15, 0.2) is 0 Å². The molecule has 2 heterocycles. The van der Waals surface area contributed by atoms with Crippen molar-refractivity contribution in [1.82, 2.24) is 10.3 Å². The zero-order chi connectivity index (χ0) is 13.0. The van der Waals surface area contributed by atoms with Gasteiger partial charge in [0.1, 0.15) is 0 Å². The molecule has 100 valence electrons. The minimum Gasteiger partial charge on any atom is -0.381 e. The number of aryl methyl sites for hydroxylation is 2. The van der Waals surface area contributed by atoms with E-state index in [1.54, 1.807) is 11.3 Å². The summed E-state index contributed by atoms with van der Waals surface area (Å²) in [5.74, 6) is 0.721. The van der Waals surface area contributed by atoms with E-state index in [-0.39, 0.29) is 5.91 Å². The van der Waals surface area contributed by atoms with Crippen LogP contribution in [0.1, 0.15) is 28.4 Å². The summed E-state index contributed by atoms with van der Waals surface area (Å²) in [7, 11) is 0. The Bertz CT molecular complexity index is 411. The first-order valence-electron chi connectivity index (χ1n) is 6.42. The van der Waals surface area contributed by atoms with E-state index in [1.165, 1.54) is 0 Å². The van der Waals surface area contributed by atoms with E-state index in [4.69, 9.17) is 4.74 Å². The molecule has 1 N–H and O–H groups in total. The Morgan fingerprint density at radius 1 is 1.56 bits per heavy atom. The van der Waals surface area contributed by atoms with Gasteiger partial charge in [0.05, 0.1) is 17.1 Å². The second kappa shape index (κ2) is 6.29. The van der Waals surface area contributed by atoms with E-state index < -0.39 is 0 Å². The first kappa shape index (κ1) is 13.5. The molecule has 1 atom stereocenters. The van der Waals surface area contributed by atoms with Crippen molar-refractivity contribution in [2.24, 2.45) is 5.92 Å². The number of thiazole rings is 1. The minimum atomic E-state index is 0.0978. The third-order valence-corrected chi connectivity index (χ3v) is 4.29. The smallest absolute Gasteiger partial charge is 0.225 e. The zero-order valence-corrected chi connectivity index (χ0v) is 11.8. The Labute approximate surface area is 112 Å². The van der Waals surface area contributed by atoms with Crippen LogP contribution in [0.3, 0.4) is 0 Å². The lowest BCUT2D eigenvalue weighted by atomic mass is 10.1. The fourth-order valence-corrected chi connectivity index (χ4v) is 3.11. The highest BCUT2D eigenvalue weighted by Crippen LogP contribution is 2.18. The summed E-state index contributed by atoms with van der Waals surface area (Å²) < 4.78 is 5.31. The van der Waals surface area contributed by atoms with E-state index in [1.807, 2.05) is 13.8 Å². The lowest BCUT2D eigenvalue weighted by Crippen LogP contribution is -2.27. The molecule has 1 aliphatic heterocycles. The van der Waals surface area contributed by atoms with E-state index in [2.05, 4.69) is 10.3 Å². The van der Waals surface area contributed by atoms with Gasteiger partial charge in [0.25, 0.3) is 0 Å². The van der Waals surface area contributed by atoms with Crippen LogP contribution < -0.4 is 5.32 Å². The van der Waals surface area contributed by atoms with E-state index in [0.29, 0.717) is 12.3 Å². The van der Waals surface area contributed by atoms with Gasteiger partial charge in [0.2, 0.25) is 5.91 Å². The van der Waals surface area contributed by atoms with Gasteiger partial charge in [0.15, 0.2) is 0 Å². The number of nitrogens with one attached hydrogen (secondary N) is 1. The standard InChI is InChI=1S/C13H20N2O2S/c1-9-12(18-10(2)15-9)7-13(16)14-5-3-11-4-6-17-8-11/h11H,3-8H2,1-2H3,(H,14,16)/t11-/m1/s1. The van der Waals surface area contributed by atoms with Gasteiger partial charge in [-0.15, -0.1) is 11.3 Å². The van der Waals surface area contributed by atoms with Gasteiger partial charge in [-0.3, -0.25) is 4.79 Å². The van der Waals surface area contributed by atoms with Crippen LogP contribution in [0.4, 0.5) is 0 Å². The SMILES string of the molecule is Cc1nc(C)c(CC(=O)NCC[C@@H]2CCOC2)s1. The average Bonchev–Trinajstić information content (AvgIpc) is 2.90.